The molecule has 0 aliphatic carbocycles. The molecule has 0 radical (unpaired) electrons. The van der Waals surface area contributed by atoms with Crippen LogP contribution < -0.4 is 20.1 Å². The highest BCUT2D eigenvalue weighted by atomic mass is 35.5. The Balaban J connectivity index is 1.62. The summed E-state index contributed by atoms with van der Waals surface area (Å²) in [5, 5.41) is 13.4. The summed E-state index contributed by atoms with van der Waals surface area (Å²) in [4.78, 5) is 26.9. The molecule has 2 aromatic heterocycles. The summed E-state index contributed by atoms with van der Waals surface area (Å²) in [6.45, 7) is 4.17. The Bertz CT molecular complexity index is 1910. The van der Waals surface area contributed by atoms with Crippen molar-refractivity contribution in [1.82, 2.24) is 4.57 Å². The molecule has 2 heterocycles. The maximum atomic E-state index is 13.7. The smallest absolute Gasteiger partial charge is 0.273 e. The third kappa shape index (κ3) is 5.55. The number of nitriles is 1. The van der Waals surface area contributed by atoms with Crippen LogP contribution in [0.1, 0.15) is 31.1 Å². The van der Waals surface area contributed by atoms with Crippen molar-refractivity contribution in [3.8, 4) is 23.1 Å². The van der Waals surface area contributed by atoms with Gasteiger partial charge in [-0.1, -0.05) is 67.9 Å². The number of hydrogen-bond acceptors (Lipinski definition) is 5. The van der Waals surface area contributed by atoms with Gasteiger partial charge in [0.25, 0.3) is 11.5 Å². The minimum absolute atomic E-state index is 0.172. The summed E-state index contributed by atoms with van der Waals surface area (Å²) in [6.07, 6.45) is 1.60. The fraction of sp³-hybridized carbons (Fsp3) is 0.0938. The number of furan rings is 1. The van der Waals surface area contributed by atoms with Gasteiger partial charge in [-0.2, -0.15) is 5.26 Å². The van der Waals surface area contributed by atoms with Gasteiger partial charge >= 0.3 is 0 Å². The van der Waals surface area contributed by atoms with E-state index in [2.05, 4.69) is 19.2 Å². The van der Waals surface area contributed by atoms with E-state index in [1.807, 2.05) is 42.5 Å². The van der Waals surface area contributed by atoms with Crippen LogP contribution in [0.5, 0.6) is 0 Å². The van der Waals surface area contributed by atoms with Gasteiger partial charge in [0.05, 0.1) is 15.2 Å². The van der Waals surface area contributed by atoms with Crippen LogP contribution in [0.15, 0.2) is 100 Å². The van der Waals surface area contributed by atoms with Crippen LogP contribution >= 0.6 is 22.9 Å². The molecule has 5 aromatic rings. The Labute approximate surface area is 239 Å². The second kappa shape index (κ2) is 11.6. The number of amides is 1. The molecule has 0 fully saturated rings. The average molecular weight is 566 g/mol. The van der Waals surface area contributed by atoms with Crippen LogP contribution in [-0.4, -0.2) is 10.5 Å². The monoisotopic (exact) mass is 565 g/mol. The van der Waals surface area contributed by atoms with Gasteiger partial charge in [0.15, 0.2) is 5.57 Å². The lowest BCUT2D eigenvalue weighted by Crippen LogP contribution is -2.32. The molecule has 6 nitrogen and oxygen atoms in total. The van der Waals surface area contributed by atoms with Crippen LogP contribution in [0.25, 0.3) is 28.7 Å². The molecule has 0 bridgehead atoms. The number of thiazole rings is 1. The summed E-state index contributed by atoms with van der Waals surface area (Å²) < 4.78 is 7.88. The number of nitrogens with one attached hydrogen (secondary N) is 1. The lowest BCUT2D eigenvalue weighted by atomic mass is 10.0. The highest BCUT2D eigenvalue weighted by Gasteiger charge is 2.18. The van der Waals surface area contributed by atoms with Crippen LogP contribution in [0.4, 0.5) is 5.69 Å². The van der Waals surface area contributed by atoms with Crippen molar-refractivity contribution in [2.75, 3.05) is 5.32 Å². The maximum Gasteiger partial charge on any atom is 0.273 e. The summed E-state index contributed by atoms with van der Waals surface area (Å²) in [5.41, 5.74) is 2.42. The van der Waals surface area contributed by atoms with Gasteiger partial charge < -0.3 is 9.73 Å². The third-order valence-electron chi connectivity index (χ3n) is 6.27. The second-order valence-corrected chi connectivity index (χ2v) is 10.7. The highest BCUT2D eigenvalue weighted by Crippen LogP contribution is 2.29. The molecule has 0 saturated heterocycles. The Morgan fingerprint density at radius 3 is 2.38 bits per heavy atom. The molecule has 5 rings (SSSR count). The highest BCUT2D eigenvalue weighted by molar-refractivity contribution is 7.07. The topological polar surface area (TPSA) is 88.0 Å². The van der Waals surface area contributed by atoms with E-state index in [-0.39, 0.29) is 15.8 Å². The average Bonchev–Trinajstić information content (AvgIpc) is 3.54. The fourth-order valence-corrected chi connectivity index (χ4v) is 5.48. The van der Waals surface area contributed by atoms with Crippen molar-refractivity contribution in [3.63, 3.8) is 0 Å². The number of halogens is 1. The summed E-state index contributed by atoms with van der Waals surface area (Å²) in [5.74, 6) is 0.746. The Morgan fingerprint density at radius 1 is 1.00 bits per heavy atom. The van der Waals surface area contributed by atoms with E-state index >= 15 is 0 Å². The standard InChI is InChI=1S/C32H24ClN3O3S/c1-20(2)21-12-14-22(15-13-21)35-30(37)26(19-34)32-36(23-8-4-3-5-9-23)31(38)29(40-32)18-24-16-17-28(39-24)25-10-6-7-11-27(25)33/h3-18,20H,1-2H3,(H,35,37)/b29-18+,32-26+. The lowest BCUT2D eigenvalue weighted by Gasteiger charge is -2.08. The quantitative estimate of drug-likeness (QED) is 0.270. The van der Waals surface area contributed by atoms with Crippen molar-refractivity contribution < 1.29 is 9.21 Å². The zero-order valence-corrected chi connectivity index (χ0v) is 23.3. The van der Waals surface area contributed by atoms with E-state index in [1.54, 1.807) is 60.7 Å². The van der Waals surface area contributed by atoms with Gasteiger partial charge in [0.2, 0.25) is 0 Å². The van der Waals surface area contributed by atoms with Gasteiger partial charge in [0.1, 0.15) is 22.3 Å². The number of rotatable bonds is 6. The number of para-hydroxylation sites is 1. The molecule has 1 N–H and O–H groups in total. The first-order chi connectivity index (χ1) is 19.4. The molecular formula is C32H24ClN3O3S. The van der Waals surface area contributed by atoms with Crippen LogP contribution in [-0.2, 0) is 4.79 Å². The largest absolute Gasteiger partial charge is 0.457 e. The predicted octanol–water partition coefficient (Wildman–Crippen LogP) is 6.08. The van der Waals surface area contributed by atoms with Crippen molar-refractivity contribution in [3.05, 3.63) is 127 Å². The molecule has 40 heavy (non-hydrogen) atoms. The molecule has 0 aliphatic rings. The maximum absolute atomic E-state index is 13.7. The number of benzene rings is 3. The van der Waals surface area contributed by atoms with E-state index in [0.717, 1.165) is 22.5 Å². The van der Waals surface area contributed by atoms with Gasteiger partial charge in [-0.25, -0.2) is 0 Å². The predicted molar refractivity (Wildman–Crippen MR) is 160 cm³/mol. The van der Waals surface area contributed by atoms with Gasteiger partial charge in [-0.15, -0.1) is 11.3 Å². The molecule has 0 unspecified atom stereocenters. The fourth-order valence-electron chi connectivity index (χ4n) is 4.17. The number of carbonyl (C=O) groups excluding carboxylic acids is 1. The molecule has 0 atom stereocenters. The molecule has 0 spiro atoms. The van der Waals surface area contributed by atoms with Gasteiger partial charge in [-0.05, 0) is 60.0 Å². The molecule has 0 saturated carbocycles. The van der Waals surface area contributed by atoms with E-state index in [4.69, 9.17) is 16.0 Å². The van der Waals surface area contributed by atoms with Crippen molar-refractivity contribution in [1.29, 1.82) is 5.26 Å². The van der Waals surface area contributed by atoms with Crippen molar-refractivity contribution in [2.45, 2.75) is 19.8 Å². The second-order valence-electron chi connectivity index (χ2n) is 9.29. The van der Waals surface area contributed by atoms with E-state index in [9.17, 15) is 14.9 Å². The number of hydrogen-bond donors (Lipinski definition) is 1. The first kappa shape index (κ1) is 26.9. The molecular weight excluding hydrogens is 542 g/mol. The zero-order valence-electron chi connectivity index (χ0n) is 21.7. The first-order valence-electron chi connectivity index (χ1n) is 12.5. The normalized spacial score (nSPS) is 12.3. The number of anilines is 1. The molecule has 8 heteroatoms. The van der Waals surface area contributed by atoms with E-state index < -0.39 is 5.91 Å². The molecule has 1 amide bonds. The summed E-state index contributed by atoms with van der Waals surface area (Å²) in [6, 6.07) is 29.2. The SMILES string of the molecule is CC(C)c1ccc(NC(=O)/C(C#N)=c2/s/c(=C/c3ccc(-c4ccccc4Cl)o3)c(=O)n2-c2ccccc2)cc1. The number of carbonyl (C=O) groups is 1. The first-order valence-corrected chi connectivity index (χ1v) is 13.7. The van der Waals surface area contributed by atoms with Crippen LogP contribution in [0, 0.1) is 11.3 Å². The summed E-state index contributed by atoms with van der Waals surface area (Å²) >= 11 is 7.36. The summed E-state index contributed by atoms with van der Waals surface area (Å²) in [7, 11) is 0. The zero-order chi connectivity index (χ0) is 28.2. The minimum atomic E-state index is -0.601. The number of aromatic nitrogens is 1. The van der Waals surface area contributed by atoms with E-state index in [1.165, 1.54) is 4.57 Å². The Morgan fingerprint density at radius 2 is 1.70 bits per heavy atom. The lowest BCUT2D eigenvalue weighted by molar-refractivity contribution is -0.111. The number of nitrogens with zero attached hydrogens (tertiary/aromatic N) is 2. The van der Waals surface area contributed by atoms with Gasteiger partial charge in [0, 0.05) is 17.3 Å². The minimum Gasteiger partial charge on any atom is -0.457 e. The van der Waals surface area contributed by atoms with Gasteiger partial charge in [-0.3, -0.25) is 14.2 Å². The Hall–Kier alpha value is -4.64. The Kier molecular flexibility index (Phi) is 7.83. The van der Waals surface area contributed by atoms with E-state index in [0.29, 0.717) is 38.4 Å². The van der Waals surface area contributed by atoms with Crippen molar-refractivity contribution in [2.24, 2.45) is 0 Å². The van der Waals surface area contributed by atoms with Crippen LogP contribution in [0.3, 0.4) is 0 Å². The van der Waals surface area contributed by atoms with Crippen LogP contribution in [0.2, 0.25) is 5.02 Å². The molecule has 0 aliphatic heterocycles. The molecule has 3 aromatic carbocycles. The molecule has 198 valence electrons. The third-order valence-corrected chi connectivity index (χ3v) is 7.69. The van der Waals surface area contributed by atoms with Crippen molar-refractivity contribution >= 4 is 46.2 Å².